The highest BCUT2D eigenvalue weighted by molar-refractivity contribution is 7.89. The number of sulfonamides is 1. The molecule has 0 radical (unpaired) electrons. The Labute approximate surface area is 139 Å². The molecule has 128 valence electrons. The zero-order chi connectivity index (χ0) is 17.0. The average molecular weight is 338 g/mol. The van der Waals surface area contributed by atoms with E-state index in [-0.39, 0.29) is 24.4 Å². The van der Waals surface area contributed by atoms with Gasteiger partial charge in [0, 0.05) is 19.1 Å². The van der Waals surface area contributed by atoms with Crippen LogP contribution in [0.4, 0.5) is 0 Å². The van der Waals surface area contributed by atoms with Crippen LogP contribution in [0.3, 0.4) is 0 Å². The third kappa shape index (κ3) is 4.32. The van der Waals surface area contributed by atoms with Crippen LogP contribution in [0.25, 0.3) is 0 Å². The number of hydrogen-bond donors (Lipinski definition) is 1. The van der Waals surface area contributed by atoms with Gasteiger partial charge >= 0.3 is 0 Å². The van der Waals surface area contributed by atoms with Crippen molar-refractivity contribution in [3.63, 3.8) is 0 Å². The van der Waals surface area contributed by atoms with Crippen molar-refractivity contribution in [1.82, 2.24) is 9.62 Å². The van der Waals surface area contributed by atoms with Gasteiger partial charge in [0.1, 0.15) is 0 Å². The lowest BCUT2D eigenvalue weighted by atomic mass is 9.98. The minimum atomic E-state index is -3.53. The molecule has 0 spiro atoms. The molecule has 1 saturated heterocycles. The zero-order valence-electron chi connectivity index (χ0n) is 14.1. The maximum absolute atomic E-state index is 12.7. The molecule has 0 aliphatic carbocycles. The largest absolute Gasteiger partial charge is 0.353 e. The molecule has 2 atom stereocenters. The Kier molecular flexibility index (Phi) is 5.81. The van der Waals surface area contributed by atoms with Gasteiger partial charge in [0.25, 0.3) is 0 Å². The summed E-state index contributed by atoms with van der Waals surface area (Å²) in [5, 5.41) is 2.96. The molecule has 1 aromatic rings. The summed E-state index contributed by atoms with van der Waals surface area (Å²) >= 11 is 0. The molecule has 5 nitrogen and oxygen atoms in total. The predicted octanol–water partition coefficient (Wildman–Crippen LogP) is 2.31. The van der Waals surface area contributed by atoms with Crippen LogP contribution in [-0.2, 0) is 14.8 Å². The molecular formula is C17H26N2O3S. The van der Waals surface area contributed by atoms with E-state index in [0.29, 0.717) is 17.9 Å². The van der Waals surface area contributed by atoms with Gasteiger partial charge in [-0.2, -0.15) is 4.31 Å². The van der Waals surface area contributed by atoms with Crippen molar-refractivity contribution in [1.29, 1.82) is 0 Å². The number of rotatable bonds is 5. The summed E-state index contributed by atoms with van der Waals surface area (Å²) in [5.41, 5.74) is 1.02. The van der Waals surface area contributed by atoms with Gasteiger partial charge in [0.05, 0.1) is 10.8 Å². The molecule has 2 rings (SSSR count). The van der Waals surface area contributed by atoms with E-state index in [9.17, 15) is 13.2 Å². The normalized spacial score (nSPS) is 20.9. The van der Waals surface area contributed by atoms with E-state index in [1.807, 2.05) is 20.8 Å². The topological polar surface area (TPSA) is 66.5 Å². The Bertz CT molecular complexity index is 640. The third-order valence-electron chi connectivity index (χ3n) is 4.41. The van der Waals surface area contributed by atoms with Crippen molar-refractivity contribution >= 4 is 15.9 Å². The predicted molar refractivity (Wildman–Crippen MR) is 90.6 cm³/mol. The molecule has 1 N–H and O–H groups in total. The fourth-order valence-electron chi connectivity index (χ4n) is 2.70. The van der Waals surface area contributed by atoms with Crippen molar-refractivity contribution in [2.75, 3.05) is 13.1 Å². The van der Waals surface area contributed by atoms with E-state index in [0.717, 1.165) is 18.4 Å². The highest BCUT2D eigenvalue weighted by Crippen LogP contribution is 2.24. The summed E-state index contributed by atoms with van der Waals surface area (Å²) in [6.07, 6.45) is 2.32. The number of benzene rings is 1. The lowest BCUT2D eigenvalue weighted by Gasteiger charge is -2.31. The van der Waals surface area contributed by atoms with Crippen LogP contribution in [-0.4, -0.2) is 37.8 Å². The number of carbonyl (C=O) groups excluding carboxylic acids is 1. The molecule has 1 amide bonds. The lowest BCUT2D eigenvalue weighted by Crippen LogP contribution is -2.46. The van der Waals surface area contributed by atoms with Gasteiger partial charge in [-0.05, 0) is 45.2 Å². The molecular weight excluding hydrogens is 312 g/mol. The summed E-state index contributed by atoms with van der Waals surface area (Å²) in [6.45, 7) is 6.63. The average Bonchev–Trinajstić information content (AvgIpc) is 2.55. The van der Waals surface area contributed by atoms with E-state index in [1.54, 1.807) is 24.3 Å². The number of carbonyl (C=O) groups is 1. The van der Waals surface area contributed by atoms with Crippen molar-refractivity contribution in [3.8, 4) is 0 Å². The molecule has 6 heteroatoms. The molecule has 0 aromatic heterocycles. The molecule has 1 aliphatic heterocycles. The minimum absolute atomic E-state index is 0.0387. The Morgan fingerprint density at radius 3 is 2.61 bits per heavy atom. The lowest BCUT2D eigenvalue weighted by molar-refractivity contribution is -0.126. The monoisotopic (exact) mass is 338 g/mol. The van der Waals surface area contributed by atoms with Crippen molar-refractivity contribution in [2.45, 2.75) is 51.0 Å². The second-order valence-electron chi connectivity index (χ2n) is 6.33. The van der Waals surface area contributed by atoms with E-state index < -0.39 is 10.0 Å². The third-order valence-corrected chi connectivity index (χ3v) is 6.29. The van der Waals surface area contributed by atoms with Crippen LogP contribution in [0.2, 0.25) is 0 Å². The summed E-state index contributed by atoms with van der Waals surface area (Å²) in [5.74, 6) is -0.305. The Balaban J connectivity index is 2.11. The summed E-state index contributed by atoms with van der Waals surface area (Å²) in [6, 6.07) is 6.97. The second kappa shape index (κ2) is 7.45. The van der Waals surface area contributed by atoms with Gasteiger partial charge in [-0.1, -0.05) is 24.6 Å². The van der Waals surface area contributed by atoms with Gasteiger partial charge in [0.15, 0.2) is 0 Å². The van der Waals surface area contributed by atoms with Gasteiger partial charge in [-0.25, -0.2) is 8.42 Å². The Hall–Kier alpha value is -1.40. The van der Waals surface area contributed by atoms with Gasteiger partial charge in [-0.3, -0.25) is 4.79 Å². The fraction of sp³-hybridized carbons (Fsp3) is 0.588. The van der Waals surface area contributed by atoms with Crippen molar-refractivity contribution in [2.24, 2.45) is 5.92 Å². The van der Waals surface area contributed by atoms with E-state index in [2.05, 4.69) is 5.32 Å². The van der Waals surface area contributed by atoms with Crippen molar-refractivity contribution < 1.29 is 13.2 Å². The van der Waals surface area contributed by atoms with Crippen LogP contribution in [0, 0.1) is 12.8 Å². The molecule has 1 aliphatic rings. The van der Waals surface area contributed by atoms with E-state index in [4.69, 9.17) is 0 Å². The first-order valence-corrected chi connectivity index (χ1v) is 9.65. The van der Waals surface area contributed by atoms with Gasteiger partial charge in [0.2, 0.25) is 15.9 Å². The first-order chi connectivity index (χ1) is 10.8. The second-order valence-corrected chi connectivity index (χ2v) is 8.27. The maximum atomic E-state index is 12.7. The number of nitrogens with one attached hydrogen (secondary N) is 1. The fourth-order valence-corrected chi connectivity index (χ4v) is 4.22. The van der Waals surface area contributed by atoms with Crippen molar-refractivity contribution in [3.05, 3.63) is 29.8 Å². The minimum Gasteiger partial charge on any atom is -0.353 e. The summed E-state index contributed by atoms with van der Waals surface area (Å²) in [7, 11) is -3.53. The highest BCUT2D eigenvalue weighted by atomic mass is 32.2. The Morgan fingerprint density at radius 2 is 2.00 bits per heavy atom. The molecule has 0 unspecified atom stereocenters. The molecule has 1 heterocycles. The smallest absolute Gasteiger partial charge is 0.243 e. The van der Waals surface area contributed by atoms with Crippen LogP contribution in [0.1, 0.15) is 38.7 Å². The van der Waals surface area contributed by atoms with Crippen LogP contribution in [0.15, 0.2) is 29.2 Å². The molecule has 0 bridgehead atoms. The first-order valence-electron chi connectivity index (χ1n) is 8.21. The number of piperidine rings is 1. The van der Waals surface area contributed by atoms with E-state index >= 15 is 0 Å². The highest BCUT2D eigenvalue weighted by Gasteiger charge is 2.33. The number of aryl methyl sites for hydroxylation is 1. The van der Waals surface area contributed by atoms with E-state index in [1.165, 1.54) is 4.31 Å². The SMILES string of the molecule is CC[C@@H](C)NC(=O)[C@@H]1CCCN(S(=O)(=O)c2ccc(C)cc2)C1. The molecule has 23 heavy (non-hydrogen) atoms. The number of hydrogen-bond acceptors (Lipinski definition) is 3. The standard InChI is InChI=1S/C17H26N2O3S/c1-4-14(3)18-17(20)15-6-5-11-19(12-15)23(21,22)16-9-7-13(2)8-10-16/h7-10,14-15H,4-6,11-12H2,1-3H3,(H,18,20)/t14-,15-/m1/s1. The van der Waals surface area contributed by atoms with Crippen LogP contribution in [0.5, 0.6) is 0 Å². The molecule has 1 fully saturated rings. The van der Waals surface area contributed by atoms with Crippen LogP contribution < -0.4 is 5.32 Å². The quantitative estimate of drug-likeness (QED) is 0.896. The first kappa shape index (κ1) is 17.9. The Morgan fingerprint density at radius 1 is 1.35 bits per heavy atom. The summed E-state index contributed by atoms with van der Waals surface area (Å²) < 4.78 is 26.9. The van der Waals surface area contributed by atoms with Gasteiger partial charge < -0.3 is 5.32 Å². The maximum Gasteiger partial charge on any atom is 0.243 e. The molecule has 0 saturated carbocycles. The summed E-state index contributed by atoms with van der Waals surface area (Å²) in [4.78, 5) is 12.6. The van der Waals surface area contributed by atoms with Gasteiger partial charge in [-0.15, -0.1) is 0 Å². The number of amides is 1. The molecule has 1 aromatic carbocycles. The number of nitrogens with zero attached hydrogens (tertiary/aromatic N) is 1. The van der Waals surface area contributed by atoms with Crippen LogP contribution >= 0.6 is 0 Å². The zero-order valence-corrected chi connectivity index (χ0v) is 14.9.